The first-order valence-electron chi connectivity index (χ1n) is 10.1. The number of ether oxygens (including phenoxy) is 1. The lowest BCUT2D eigenvalue weighted by Gasteiger charge is -2.38. The van der Waals surface area contributed by atoms with Crippen molar-refractivity contribution < 1.29 is 14.3 Å². The molecular weight excluding hydrogens is 340 g/mol. The number of carbonyl (C=O) groups excluding carboxylic acids is 2. The molecule has 1 aromatic rings. The molecule has 1 N–H and O–H groups in total. The Labute approximate surface area is 162 Å². The molecule has 1 saturated carbocycles. The molecule has 0 saturated heterocycles. The number of amides is 2. The molecule has 2 amide bonds. The quantitative estimate of drug-likeness (QED) is 0.852. The second-order valence-corrected chi connectivity index (χ2v) is 8.97. The Morgan fingerprint density at radius 2 is 1.78 bits per heavy atom. The standard InChI is InChI=1S/C22H32N2O3/c1-15-9-5-8-12-18(15)23-20(25)19-13-16-10-6-7-11-17(16)14-24(19)21(26)27-22(2,3)4/h6-7,10-11,15,18-19H,5,8-9,12-14H2,1-4H3,(H,23,25)/t15-,18+,19+/m1/s1. The molecule has 0 bridgehead atoms. The minimum absolute atomic E-state index is 0.0610. The molecule has 3 atom stereocenters. The van der Waals surface area contributed by atoms with Gasteiger partial charge in [-0.05, 0) is 50.7 Å². The number of nitrogens with zero attached hydrogens (tertiary/aromatic N) is 1. The van der Waals surface area contributed by atoms with Crippen LogP contribution in [-0.2, 0) is 22.5 Å². The minimum atomic E-state index is -0.590. The van der Waals surface area contributed by atoms with Gasteiger partial charge in [-0.15, -0.1) is 0 Å². The number of rotatable bonds is 2. The van der Waals surface area contributed by atoms with E-state index in [0.29, 0.717) is 18.9 Å². The van der Waals surface area contributed by atoms with E-state index in [2.05, 4.69) is 12.2 Å². The minimum Gasteiger partial charge on any atom is -0.444 e. The van der Waals surface area contributed by atoms with Gasteiger partial charge in [0.25, 0.3) is 0 Å². The summed E-state index contributed by atoms with van der Waals surface area (Å²) in [5.41, 5.74) is 1.63. The van der Waals surface area contributed by atoms with Crippen LogP contribution in [0.5, 0.6) is 0 Å². The lowest BCUT2D eigenvalue weighted by Crippen LogP contribution is -2.56. The predicted molar refractivity (Wildman–Crippen MR) is 105 cm³/mol. The van der Waals surface area contributed by atoms with E-state index >= 15 is 0 Å². The van der Waals surface area contributed by atoms with Gasteiger partial charge in [0.05, 0.1) is 6.54 Å². The van der Waals surface area contributed by atoms with Crippen LogP contribution in [0.25, 0.3) is 0 Å². The fourth-order valence-electron chi connectivity index (χ4n) is 4.08. The summed E-state index contributed by atoms with van der Waals surface area (Å²) in [7, 11) is 0. The van der Waals surface area contributed by atoms with Crippen LogP contribution in [0.15, 0.2) is 24.3 Å². The third-order valence-corrected chi connectivity index (χ3v) is 5.62. The zero-order valence-corrected chi connectivity index (χ0v) is 17.0. The molecule has 1 aromatic carbocycles. The number of hydrogen-bond acceptors (Lipinski definition) is 3. The summed E-state index contributed by atoms with van der Waals surface area (Å²) in [6.45, 7) is 8.15. The number of nitrogens with one attached hydrogen (secondary N) is 1. The molecule has 0 unspecified atom stereocenters. The average Bonchev–Trinajstić information content (AvgIpc) is 2.61. The number of benzene rings is 1. The van der Waals surface area contributed by atoms with E-state index < -0.39 is 17.7 Å². The largest absolute Gasteiger partial charge is 0.444 e. The molecule has 5 nitrogen and oxygen atoms in total. The normalized spacial score (nSPS) is 25.5. The Hall–Kier alpha value is -2.04. The van der Waals surface area contributed by atoms with Crippen molar-refractivity contribution in [2.24, 2.45) is 5.92 Å². The van der Waals surface area contributed by atoms with Crippen molar-refractivity contribution in [2.45, 2.75) is 84.0 Å². The summed E-state index contributed by atoms with van der Waals surface area (Å²) in [5.74, 6) is 0.419. The number of carbonyl (C=O) groups is 2. The van der Waals surface area contributed by atoms with Crippen molar-refractivity contribution in [3.8, 4) is 0 Å². The second kappa shape index (κ2) is 7.91. The van der Waals surface area contributed by atoms with Gasteiger partial charge in [-0.3, -0.25) is 9.69 Å². The zero-order chi connectivity index (χ0) is 19.6. The number of fused-ring (bicyclic) bond motifs is 1. The first-order chi connectivity index (χ1) is 12.7. The maximum atomic E-state index is 13.1. The van der Waals surface area contributed by atoms with Crippen LogP contribution in [0.1, 0.15) is 64.5 Å². The van der Waals surface area contributed by atoms with Crippen molar-refractivity contribution in [3.63, 3.8) is 0 Å². The van der Waals surface area contributed by atoms with Gasteiger partial charge in [0.2, 0.25) is 5.91 Å². The van der Waals surface area contributed by atoms with Crippen LogP contribution in [-0.4, -0.2) is 34.6 Å². The summed E-state index contributed by atoms with van der Waals surface area (Å²) < 4.78 is 5.59. The third kappa shape index (κ3) is 4.82. The van der Waals surface area contributed by atoms with E-state index in [-0.39, 0.29) is 11.9 Å². The fraction of sp³-hybridized carbons (Fsp3) is 0.636. The van der Waals surface area contributed by atoms with Crippen molar-refractivity contribution >= 4 is 12.0 Å². The molecular formula is C22H32N2O3. The van der Waals surface area contributed by atoms with Crippen LogP contribution in [0.4, 0.5) is 4.79 Å². The van der Waals surface area contributed by atoms with Crippen molar-refractivity contribution in [1.29, 1.82) is 0 Å². The molecule has 27 heavy (non-hydrogen) atoms. The van der Waals surface area contributed by atoms with Gasteiger partial charge in [-0.25, -0.2) is 4.79 Å². The highest BCUT2D eigenvalue weighted by Crippen LogP contribution is 2.27. The Bertz CT molecular complexity index is 695. The van der Waals surface area contributed by atoms with Gasteiger partial charge in [-0.2, -0.15) is 0 Å². The van der Waals surface area contributed by atoms with Crippen molar-refractivity contribution in [1.82, 2.24) is 10.2 Å². The van der Waals surface area contributed by atoms with Crippen LogP contribution < -0.4 is 5.32 Å². The first-order valence-corrected chi connectivity index (χ1v) is 10.1. The Morgan fingerprint density at radius 3 is 2.44 bits per heavy atom. The Kier molecular flexibility index (Phi) is 5.78. The summed E-state index contributed by atoms with van der Waals surface area (Å²) in [5, 5.41) is 3.23. The van der Waals surface area contributed by atoms with Crippen molar-refractivity contribution in [2.75, 3.05) is 0 Å². The molecule has 5 heteroatoms. The van der Waals surface area contributed by atoms with Gasteiger partial charge in [0.1, 0.15) is 11.6 Å². The SMILES string of the molecule is C[C@@H]1CCCC[C@@H]1NC(=O)[C@@H]1Cc2ccccc2CN1C(=O)OC(C)(C)C. The van der Waals surface area contributed by atoms with Crippen LogP contribution in [0, 0.1) is 5.92 Å². The molecule has 3 rings (SSSR count). The van der Waals surface area contributed by atoms with E-state index in [1.54, 1.807) is 4.90 Å². The molecule has 0 radical (unpaired) electrons. The fourth-order valence-corrected chi connectivity index (χ4v) is 4.08. The smallest absolute Gasteiger partial charge is 0.411 e. The topological polar surface area (TPSA) is 58.6 Å². The van der Waals surface area contributed by atoms with Crippen LogP contribution >= 0.6 is 0 Å². The van der Waals surface area contributed by atoms with Gasteiger partial charge in [0.15, 0.2) is 0 Å². The molecule has 2 aliphatic rings. The molecule has 1 aliphatic heterocycles. The van der Waals surface area contributed by atoms with Crippen molar-refractivity contribution in [3.05, 3.63) is 35.4 Å². The first kappa shape index (κ1) is 19.7. The van der Waals surface area contributed by atoms with Gasteiger partial charge >= 0.3 is 6.09 Å². The molecule has 1 heterocycles. The summed E-state index contributed by atoms with van der Waals surface area (Å²) >= 11 is 0. The summed E-state index contributed by atoms with van der Waals surface area (Å²) in [6.07, 6.45) is 4.65. The highest BCUT2D eigenvalue weighted by molar-refractivity contribution is 5.87. The highest BCUT2D eigenvalue weighted by atomic mass is 16.6. The molecule has 1 aliphatic carbocycles. The summed E-state index contributed by atoms with van der Waals surface area (Å²) in [4.78, 5) is 27.6. The molecule has 0 aromatic heterocycles. The van der Waals surface area contributed by atoms with E-state index in [4.69, 9.17) is 4.74 Å². The van der Waals surface area contributed by atoms with Gasteiger partial charge in [0, 0.05) is 12.5 Å². The second-order valence-electron chi connectivity index (χ2n) is 8.97. The van der Waals surface area contributed by atoms with Crippen LogP contribution in [0.3, 0.4) is 0 Å². The van der Waals surface area contributed by atoms with Gasteiger partial charge in [-0.1, -0.05) is 44.0 Å². The highest BCUT2D eigenvalue weighted by Gasteiger charge is 2.38. The predicted octanol–water partition coefficient (Wildman–Crippen LogP) is 4.04. The Morgan fingerprint density at radius 1 is 1.11 bits per heavy atom. The van der Waals surface area contributed by atoms with E-state index in [0.717, 1.165) is 30.4 Å². The molecule has 1 fully saturated rings. The number of hydrogen-bond donors (Lipinski definition) is 1. The lowest BCUT2D eigenvalue weighted by molar-refractivity contribution is -0.128. The third-order valence-electron chi connectivity index (χ3n) is 5.62. The maximum Gasteiger partial charge on any atom is 0.411 e. The Balaban J connectivity index is 1.80. The summed E-state index contributed by atoms with van der Waals surface area (Å²) in [6, 6.07) is 7.69. The average molecular weight is 373 g/mol. The van der Waals surface area contributed by atoms with E-state index in [1.165, 1.54) is 6.42 Å². The zero-order valence-electron chi connectivity index (χ0n) is 17.0. The van der Waals surface area contributed by atoms with E-state index in [1.807, 2.05) is 45.0 Å². The van der Waals surface area contributed by atoms with Gasteiger partial charge < -0.3 is 10.1 Å². The maximum absolute atomic E-state index is 13.1. The monoisotopic (exact) mass is 372 g/mol. The van der Waals surface area contributed by atoms with Crippen LogP contribution in [0.2, 0.25) is 0 Å². The molecule has 148 valence electrons. The van der Waals surface area contributed by atoms with E-state index in [9.17, 15) is 9.59 Å². The molecule has 0 spiro atoms. The lowest BCUT2D eigenvalue weighted by atomic mass is 9.85.